The molecule has 0 fully saturated rings. The largest absolute Gasteiger partial charge is 0.396 e. The first-order valence-corrected chi connectivity index (χ1v) is 5.78. The summed E-state index contributed by atoms with van der Waals surface area (Å²) in [5.74, 6) is 0. The quantitative estimate of drug-likeness (QED) is 0.783. The van der Waals surface area contributed by atoms with Gasteiger partial charge in [-0.25, -0.2) is 0 Å². The summed E-state index contributed by atoms with van der Waals surface area (Å²) in [5.41, 5.74) is 13.4. The Hall–Kier alpha value is -1.16. The number of hydrogen-bond acceptors (Lipinski definition) is 3. The summed E-state index contributed by atoms with van der Waals surface area (Å²) < 4.78 is 0. The lowest BCUT2D eigenvalue weighted by molar-refractivity contribution is 1.33. The molecule has 0 amide bonds. The molecule has 88 valence electrons. The highest BCUT2D eigenvalue weighted by molar-refractivity contribution is 6.46. The number of nitrogens with zero attached hydrogens (tertiary/aromatic N) is 1. The summed E-state index contributed by atoms with van der Waals surface area (Å²) in [6, 6.07) is 3.26. The Balaban J connectivity index is 2.77. The number of rotatable bonds is 1. The third-order valence-electron chi connectivity index (χ3n) is 2.33. The number of pyridine rings is 1. The zero-order chi connectivity index (χ0) is 12.6. The first kappa shape index (κ1) is 12.3. The van der Waals surface area contributed by atoms with Gasteiger partial charge in [0.15, 0.2) is 0 Å². The van der Waals surface area contributed by atoms with Crippen molar-refractivity contribution in [3.8, 4) is 11.1 Å². The Kier molecular flexibility index (Phi) is 3.33. The van der Waals surface area contributed by atoms with Crippen LogP contribution in [0.4, 0.5) is 11.4 Å². The molecule has 0 unspecified atom stereocenters. The van der Waals surface area contributed by atoms with E-state index in [0.717, 1.165) is 0 Å². The molecule has 17 heavy (non-hydrogen) atoms. The van der Waals surface area contributed by atoms with Gasteiger partial charge in [-0.3, -0.25) is 4.98 Å². The van der Waals surface area contributed by atoms with Crippen LogP contribution in [0.2, 0.25) is 15.1 Å². The summed E-state index contributed by atoms with van der Waals surface area (Å²) in [6.45, 7) is 0. The van der Waals surface area contributed by atoms with Crippen LogP contribution in [-0.4, -0.2) is 4.98 Å². The van der Waals surface area contributed by atoms with Crippen molar-refractivity contribution in [2.24, 2.45) is 0 Å². The van der Waals surface area contributed by atoms with Crippen LogP contribution in [0, 0.1) is 0 Å². The van der Waals surface area contributed by atoms with E-state index in [9.17, 15) is 0 Å². The minimum atomic E-state index is 0.332. The number of nitrogens with two attached hydrogens (primary N) is 2. The summed E-state index contributed by atoms with van der Waals surface area (Å²) in [5, 5.41) is 1.17. The maximum atomic E-state index is 6.12. The van der Waals surface area contributed by atoms with Crippen LogP contribution in [0.3, 0.4) is 0 Å². The van der Waals surface area contributed by atoms with Crippen molar-refractivity contribution >= 4 is 46.2 Å². The first-order chi connectivity index (χ1) is 8.02. The second-order valence-corrected chi connectivity index (χ2v) is 4.60. The number of anilines is 2. The van der Waals surface area contributed by atoms with Crippen molar-refractivity contribution in [1.29, 1.82) is 0 Å². The van der Waals surface area contributed by atoms with Crippen molar-refractivity contribution in [1.82, 2.24) is 4.98 Å². The number of nitrogen functional groups attached to an aromatic ring is 2. The maximum absolute atomic E-state index is 6.12. The van der Waals surface area contributed by atoms with E-state index in [4.69, 9.17) is 46.3 Å². The van der Waals surface area contributed by atoms with Crippen LogP contribution in [-0.2, 0) is 0 Å². The van der Waals surface area contributed by atoms with E-state index in [2.05, 4.69) is 4.98 Å². The Morgan fingerprint density at radius 3 is 2.29 bits per heavy atom. The van der Waals surface area contributed by atoms with Gasteiger partial charge in [0.2, 0.25) is 0 Å². The summed E-state index contributed by atoms with van der Waals surface area (Å²) in [4.78, 5) is 3.97. The molecule has 0 aliphatic rings. The lowest BCUT2D eigenvalue weighted by Gasteiger charge is -2.11. The smallest absolute Gasteiger partial charge is 0.0740 e. The van der Waals surface area contributed by atoms with Gasteiger partial charge in [-0.15, -0.1) is 0 Å². The molecule has 2 rings (SSSR count). The second-order valence-electron chi connectivity index (χ2n) is 3.41. The molecular formula is C11H8Cl3N3. The minimum Gasteiger partial charge on any atom is -0.396 e. The summed E-state index contributed by atoms with van der Waals surface area (Å²) in [7, 11) is 0. The normalized spacial score (nSPS) is 10.5. The highest BCUT2D eigenvalue weighted by atomic mass is 35.5. The lowest BCUT2D eigenvalue weighted by Crippen LogP contribution is -1.99. The molecule has 0 saturated heterocycles. The zero-order valence-corrected chi connectivity index (χ0v) is 10.8. The monoisotopic (exact) mass is 287 g/mol. The molecule has 1 heterocycles. The van der Waals surface area contributed by atoms with Crippen LogP contribution in [0.5, 0.6) is 0 Å². The van der Waals surface area contributed by atoms with E-state index in [1.54, 1.807) is 18.3 Å². The minimum absolute atomic E-state index is 0.332. The molecule has 0 saturated carbocycles. The fourth-order valence-corrected chi connectivity index (χ4v) is 2.19. The molecule has 4 N–H and O–H groups in total. The number of aromatic nitrogens is 1. The van der Waals surface area contributed by atoms with Crippen LogP contribution in [0.1, 0.15) is 0 Å². The number of halogens is 3. The Morgan fingerprint density at radius 1 is 0.941 bits per heavy atom. The topological polar surface area (TPSA) is 64.9 Å². The second kappa shape index (κ2) is 4.61. The number of hydrogen-bond donors (Lipinski definition) is 2. The highest BCUT2D eigenvalue weighted by Crippen LogP contribution is 2.41. The predicted octanol–water partition coefficient (Wildman–Crippen LogP) is 3.87. The highest BCUT2D eigenvalue weighted by Gasteiger charge is 2.15. The molecular weight excluding hydrogens is 281 g/mol. The molecule has 0 atom stereocenters. The standard InChI is InChI=1S/C11H8Cl3N3/c12-6-1-2-7(13)10(14)9(6)5-3-17-4-8(15)11(5)16/h1-4H,15H2,(H2,16,17). The number of benzene rings is 1. The van der Waals surface area contributed by atoms with Crippen molar-refractivity contribution in [2.45, 2.75) is 0 Å². The van der Waals surface area contributed by atoms with Crippen molar-refractivity contribution in [3.63, 3.8) is 0 Å². The van der Waals surface area contributed by atoms with Gasteiger partial charge in [0, 0.05) is 17.3 Å². The molecule has 0 spiro atoms. The fraction of sp³-hybridized carbons (Fsp3) is 0. The van der Waals surface area contributed by atoms with Gasteiger partial charge in [-0.2, -0.15) is 0 Å². The Morgan fingerprint density at radius 2 is 1.59 bits per heavy atom. The Bertz CT molecular complexity index is 584. The zero-order valence-electron chi connectivity index (χ0n) is 8.55. The van der Waals surface area contributed by atoms with Crippen LogP contribution in [0.15, 0.2) is 24.5 Å². The van der Waals surface area contributed by atoms with E-state index < -0.39 is 0 Å². The van der Waals surface area contributed by atoms with Gasteiger partial charge in [-0.05, 0) is 12.1 Å². The SMILES string of the molecule is Nc1cncc(-c2c(Cl)ccc(Cl)c2Cl)c1N. The third-order valence-corrected chi connectivity index (χ3v) is 3.45. The van der Waals surface area contributed by atoms with Crippen molar-refractivity contribution in [2.75, 3.05) is 11.5 Å². The van der Waals surface area contributed by atoms with Crippen molar-refractivity contribution < 1.29 is 0 Å². The van der Waals surface area contributed by atoms with Gasteiger partial charge < -0.3 is 11.5 Å². The molecule has 0 bridgehead atoms. The average molecular weight is 289 g/mol. The molecule has 1 aromatic carbocycles. The van der Waals surface area contributed by atoms with Crippen LogP contribution in [0.25, 0.3) is 11.1 Å². The lowest BCUT2D eigenvalue weighted by atomic mass is 10.1. The van der Waals surface area contributed by atoms with Gasteiger partial charge in [0.1, 0.15) is 0 Å². The van der Waals surface area contributed by atoms with Crippen LogP contribution < -0.4 is 11.5 Å². The third kappa shape index (κ3) is 2.14. The van der Waals surface area contributed by atoms with E-state index in [0.29, 0.717) is 37.6 Å². The van der Waals surface area contributed by atoms with Gasteiger partial charge in [-0.1, -0.05) is 34.8 Å². The van der Waals surface area contributed by atoms with E-state index in [1.807, 2.05) is 0 Å². The van der Waals surface area contributed by atoms with Gasteiger partial charge in [0.05, 0.1) is 32.6 Å². The van der Waals surface area contributed by atoms with Gasteiger partial charge in [0.25, 0.3) is 0 Å². The Labute approximate surface area is 113 Å². The molecule has 0 aliphatic carbocycles. The molecule has 6 heteroatoms. The fourth-order valence-electron chi connectivity index (χ4n) is 1.46. The van der Waals surface area contributed by atoms with Crippen molar-refractivity contribution in [3.05, 3.63) is 39.6 Å². The molecule has 0 aliphatic heterocycles. The molecule has 0 radical (unpaired) electrons. The maximum Gasteiger partial charge on any atom is 0.0740 e. The molecule has 1 aromatic heterocycles. The van der Waals surface area contributed by atoms with Crippen LogP contribution >= 0.6 is 34.8 Å². The van der Waals surface area contributed by atoms with E-state index in [1.165, 1.54) is 6.20 Å². The van der Waals surface area contributed by atoms with E-state index >= 15 is 0 Å². The predicted molar refractivity (Wildman–Crippen MR) is 73.5 cm³/mol. The first-order valence-electron chi connectivity index (χ1n) is 4.65. The summed E-state index contributed by atoms with van der Waals surface area (Å²) in [6.07, 6.45) is 3.01. The molecule has 2 aromatic rings. The van der Waals surface area contributed by atoms with Gasteiger partial charge >= 0.3 is 0 Å². The van der Waals surface area contributed by atoms with E-state index in [-0.39, 0.29) is 0 Å². The summed E-state index contributed by atoms with van der Waals surface area (Å²) >= 11 is 18.2. The molecule has 3 nitrogen and oxygen atoms in total. The average Bonchev–Trinajstić information content (AvgIpc) is 2.30.